The van der Waals surface area contributed by atoms with E-state index in [1.807, 2.05) is 25.1 Å². The molecule has 1 aromatic carbocycles. The van der Waals surface area contributed by atoms with Gasteiger partial charge in [-0.3, -0.25) is 9.69 Å². The van der Waals surface area contributed by atoms with Crippen LogP contribution in [0.3, 0.4) is 0 Å². The lowest BCUT2D eigenvalue weighted by molar-refractivity contribution is -0.118. The molecule has 0 bridgehead atoms. The van der Waals surface area contributed by atoms with E-state index in [4.69, 9.17) is 5.73 Å². The minimum absolute atomic E-state index is 0.0464. The Bertz CT molecular complexity index is 437. The zero-order valence-corrected chi connectivity index (χ0v) is 10.5. The second-order valence-electron chi connectivity index (χ2n) is 4.01. The van der Waals surface area contributed by atoms with Crippen LogP contribution in [-0.2, 0) is 11.2 Å². The number of carbonyl (C=O) groups is 1. The Morgan fingerprint density at radius 3 is 2.94 bits per heavy atom. The average molecular weight is 252 g/mol. The van der Waals surface area contributed by atoms with Crippen LogP contribution in [0.1, 0.15) is 12.5 Å². The molecule has 17 heavy (non-hydrogen) atoms. The van der Waals surface area contributed by atoms with E-state index >= 15 is 0 Å². The average Bonchev–Trinajstić information content (AvgIpc) is 2.32. The molecule has 1 atom stereocenters. The van der Waals surface area contributed by atoms with Crippen LogP contribution in [0.5, 0.6) is 0 Å². The number of benzene rings is 1. The van der Waals surface area contributed by atoms with Crippen molar-refractivity contribution in [2.45, 2.75) is 23.5 Å². The second kappa shape index (κ2) is 5.08. The largest absolute Gasteiger partial charge is 0.376 e. The number of thioether (sulfide) groups is 1. The van der Waals surface area contributed by atoms with Gasteiger partial charge in [-0.2, -0.15) is 0 Å². The number of amides is 1. The third-order valence-corrected chi connectivity index (χ3v) is 3.96. The van der Waals surface area contributed by atoms with E-state index in [0.29, 0.717) is 6.54 Å². The first-order chi connectivity index (χ1) is 8.17. The van der Waals surface area contributed by atoms with E-state index in [0.717, 1.165) is 22.6 Å². The smallest absolute Gasteiger partial charge is 0.242 e. The molecule has 0 fully saturated rings. The lowest BCUT2D eigenvalue weighted by Crippen LogP contribution is -2.40. The number of hydrogen-bond donors (Lipinski definition) is 2. The first kappa shape index (κ1) is 12.4. The van der Waals surface area contributed by atoms with Gasteiger partial charge in [-0.05, 0) is 37.6 Å². The van der Waals surface area contributed by atoms with Crippen molar-refractivity contribution in [2.24, 2.45) is 5.73 Å². The van der Waals surface area contributed by atoms with Gasteiger partial charge in [0.1, 0.15) is 6.73 Å². The van der Waals surface area contributed by atoms with Crippen LogP contribution in [0.25, 0.3) is 0 Å². The molecular formula is C12H16N2O2S. The highest BCUT2D eigenvalue weighted by Gasteiger charge is 2.30. The molecule has 1 aromatic rings. The number of aliphatic hydroxyl groups excluding tert-OH is 1. The number of hydrogen-bond acceptors (Lipinski definition) is 4. The number of rotatable bonds is 3. The van der Waals surface area contributed by atoms with Crippen molar-refractivity contribution in [3.8, 4) is 0 Å². The van der Waals surface area contributed by atoms with Crippen LogP contribution >= 0.6 is 11.8 Å². The molecule has 1 amide bonds. The molecule has 3 N–H and O–H groups in total. The molecule has 0 spiro atoms. The van der Waals surface area contributed by atoms with Crippen molar-refractivity contribution in [1.82, 2.24) is 0 Å². The summed E-state index contributed by atoms with van der Waals surface area (Å²) in [6.07, 6.45) is 0.779. The van der Waals surface area contributed by atoms with Gasteiger partial charge in [-0.25, -0.2) is 0 Å². The topological polar surface area (TPSA) is 66.6 Å². The maximum atomic E-state index is 11.9. The Labute approximate surface area is 105 Å². The van der Waals surface area contributed by atoms with Crippen LogP contribution in [0, 0.1) is 0 Å². The number of nitrogens with zero attached hydrogens (tertiary/aromatic N) is 1. The van der Waals surface area contributed by atoms with E-state index < -0.39 is 0 Å². The summed E-state index contributed by atoms with van der Waals surface area (Å²) in [5, 5.41) is 9.17. The second-order valence-corrected chi connectivity index (χ2v) is 5.39. The van der Waals surface area contributed by atoms with E-state index in [1.54, 1.807) is 0 Å². The predicted octanol–water partition coefficient (Wildman–Crippen LogP) is 0.965. The lowest BCUT2D eigenvalue weighted by Gasteiger charge is -2.31. The first-order valence-corrected chi connectivity index (χ1v) is 6.47. The van der Waals surface area contributed by atoms with Gasteiger partial charge in [0.15, 0.2) is 0 Å². The van der Waals surface area contributed by atoms with Crippen LogP contribution < -0.4 is 10.6 Å². The molecule has 5 heteroatoms. The summed E-state index contributed by atoms with van der Waals surface area (Å²) >= 11 is 1.53. The Balaban J connectivity index is 2.41. The van der Waals surface area contributed by atoms with Gasteiger partial charge in [-0.15, -0.1) is 11.8 Å². The molecule has 4 nitrogen and oxygen atoms in total. The van der Waals surface area contributed by atoms with E-state index in [1.165, 1.54) is 16.7 Å². The van der Waals surface area contributed by atoms with Crippen LogP contribution in [0.2, 0.25) is 0 Å². The Hall–Kier alpha value is -1.04. The van der Waals surface area contributed by atoms with E-state index in [-0.39, 0.29) is 17.9 Å². The van der Waals surface area contributed by atoms with Crippen molar-refractivity contribution in [2.75, 3.05) is 18.2 Å². The highest BCUT2D eigenvalue weighted by molar-refractivity contribution is 8.00. The molecular weight excluding hydrogens is 236 g/mol. The van der Waals surface area contributed by atoms with E-state index in [2.05, 4.69) is 0 Å². The molecule has 0 aliphatic carbocycles. The summed E-state index contributed by atoms with van der Waals surface area (Å²) < 4.78 is 0. The van der Waals surface area contributed by atoms with Crippen molar-refractivity contribution >= 4 is 23.4 Å². The van der Waals surface area contributed by atoms with Crippen molar-refractivity contribution in [1.29, 1.82) is 0 Å². The number of anilines is 1. The minimum atomic E-state index is -0.275. The molecule has 92 valence electrons. The van der Waals surface area contributed by atoms with Gasteiger partial charge in [0.05, 0.1) is 10.9 Å². The number of aliphatic hydroxyl groups is 1. The van der Waals surface area contributed by atoms with Gasteiger partial charge in [0.25, 0.3) is 0 Å². The van der Waals surface area contributed by atoms with Crippen molar-refractivity contribution in [3.63, 3.8) is 0 Å². The number of fused-ring (bicyclic) bond motifs is 1. The minimum Gasteiger partial charge on any atom is -0.376 e. The fraction of sp³-hybridized carbons (Fsp3) is 0.417. The SMILES string of the molecule is CC1Sc2ccc(CCN)cc2N(CO)C1=O. The zero-order valence-electron chi connectivity index (χ0n) is 9.72. The molecule has 1 unspecified atom stereocenters. The molecule has 1 aliphatic heterocycles. The molecule has 0 saturated carbocycles. The normalized spacial score (nSPS) is 19.4. The standard InChI is InChI=1S/C12H16N2O2S/c1-8-12(16)14(7-15)10-6-9(4-5-13)2-3-11(10)17-8/h2-3,6,8,15H,4-5,7,13H2,1H3. The van der Waals surface area contributed by atoms with Gasteiger partial charge < -0.3 is 10.8 Å². The molecule has 2 rings (SSSR count). The molecule has 0 saturated heterocycles. The monoisotopic (exact) mass is 252 g/mol. The Kier molecular flexibility index (Phi) is 3.71. The van der Waals surface area contributed by atoms with Crippen molar-refractivity contribution in [3.05, 3.63) is 23.8 Å². The van der Waals surface area contributed by atoms with E-state index in [9.17, 15) is 9.90 Å². The zero-order chi connectivity index (χ0) is 12.4. The van der Waals surface area contributed by atoms with Crippen LogP contribution in [0.15, 0.2) is 23.1 Å². The van der Waals surface area contributed by atoms with Gasteiger partial charge >= 0.3 is 0 Å². The third kappa shape index (κ3) is 2.31. The summed E-state index contributed by atoms with van der Waals surface area (Å²) in [5.74, 6) is -0.0464. The fourth-order valence-corrected chi connectivity index (χ4v) is 2.97. The number of nitrogens with two attached hydrogens (primary N) is 1. The first-order valence-electron chi connectivity index (χ1n) is 5.59. The summed E-state index contributed by atoms with van der Waals surface area (Å²) in [7, 11) is 0. The van der Waals surface area contributed by atoms with Gasteiger partial charge in [-0.1, -0.05) is 6.07 Å². The highest BCUT2D eigenvalue weighted by Crippen LogP contribution is 2.39. The lowest BCUT2D eigenvalue weighted by atomic mass is 10.1. The molecule has 0 aromatic heterocycles. The Morgan fingerprint density at radius 1 is 1.53 bits per heavy atom. The molecule has 1 aliphatic rings. The fourth-order valence-electron chi connectivity index (χ4n) is 1.92. The van der Waals surface area contributed by atoms with Gasteiger partial charge in [0.2, 0.25) is 5.91 Å². The molecule has 1 heterocycles. The summed E-state index contributed by atoms with van der Waals surface area (Å²) in [4.78, 5) is 14.4. The maximum absolute atomic E-state index is 11.9. The summed E-state index contributed by atoms with van der Waals surface area (Å²) in [6, 6.07) is 5.96. The third-order valence-electron chi connectivity index (χ3n) is 2.81. The summed E-state index contributed by atoms with van der Waals surface area (Å²) in [6.45, 7) is 2.16. The molecule has 0 radical (unpaired) electrons. The highest BCUT2D eigenvalue weighted by atomic mass is 32.2. The van der Waals surface area contributed by atoms with Gasteiger partial charge in [0, 0.05) is 4.90 Å². The number of carbonyl (C=O) groups excluding carboxylic acids is 1. The van der Waals surface area contributed by atoms with Crippen LogP contribution in [0.4, 0.5) is 5.69 Å². The van der Waals surface area contributed by atoms with Crippen LogP contribution in [-0.4, -0.2) is 29.5 Å². The quantitative estimate of drug-likeness (QED) is 0.841. The van der Waals surface area contributed by atoms with Crippen molar-refractivity contribution < 1.29 is 9.90 Å². The Morgan fingerprint density at radius 2 is 2.29 bits per heavy atom. The predicted molar refractivity (Wildman–Crippen MR) is 69.1 cm³/mol. The summed E-state index contributed by atoms with van der Waals surface area (Å²) in [5.41, 5.74) is 7.41. The maximum Gasteiger partial charge on any atom is 0.242 e.